The molecule has 0 bridgehead atoms. The van der Waals surface area contributed by atoms with Crippen molar-refractivity contribution in [1.29, 1.82) is 0 Å². The fourth-order valence-corrected chi connectivity index (χ4v) is 3.17. The summed E-state index contributed by atoms with van der Waals surface area (Å²) in [5, 5.41) is 3.05. The van der Waals surface area contributed by atoms with Gasteiger partial charge in [0.2, 0.25) is 11.9 Å². The Morgan fingerprint density at radius 3 is 2.68 bits per heavy atom. The first-order valence-electron chi connectivity index (χ1n) is 9.18. The number of anilines is 1. The van der Waals surface area contributed by atoms with Gasteiger partial charge in [0.15, 0.2) is 0 Å². The highest BCUT2D eigenvalue weighted by Crippen LogP contribution is 2.22. The minimum Gasteiger partial charge on any atom is -0.356 e. The molecule has 132 valence electrons. The van der Waals surface area contributed by atoms with Crippen molar-refractivity contribution in [3.63, 3.8) is 0 Å². The Morgan fingerprint density at radius 1 is 1.20 bits per heavy atom. The SMILES string of the molecule is CCCCNC(=O)[C@@H]1CCCN(c2ncc(-c3ccccc3)cn2)C1. The van der Waals surface area contributed by atoms with Crippen molar-refractivity contribution in [3.05, 3.63) is 42.7 Å². The molecular formula is C20H26N4O. The number of nitrogens with one attached hydrogen (secondary N) is 1. The van der Waals surface area contributed by atoms with E-state index in [2.05, 4.69) is 39.2 Å². The van der Waals surface area contributed by atoms with Gasteiger partial charge in [-0.05, 0) is 24.8 Å². The van der Waals surface area contributed by atoms with Gasteiger partial charge in [-0.2, -0.15) is 0 Å². The van der Waals surface area contributed by atoms with Crippen molar-refractivity contribution >= 4 is 11.9 Å². The van der Waals surface area contributed by atoms with Gasteiger partial charge in [0.1, 0.15) is 0 Å². The number of rotatable bonds is 6. The highest BCUT2D eigenvalue weighted by molar-refractivity contribution is 5.79. The lowest BCUT2D eigenvalue weighted by molar-refractivity contribution is -0.125. The van der Waals surface area contributed by atoms with Gasteiger partial charge in [0.05, 0.1) is 5.92 Å². The largest absolute Gasteiger partial charge is 0.356 e. The minimum absolute atomic E-state index is 0.0306. The number of amides is 1. The Kier molecular flexibility index (Phi) is 5.99. The summed E-state index contributed by atoms with van der Waals surface area (Å²) in [5.74, 6) is 0.910. The number of unbranched alkanes of at least 4 members (excludes halogenated alkanes) is 1. The van der Waals surface area contributed by atoms with Crippen LogP contribution >= 0.6 is 0 Å². The predicted molar refractivity (Wildman–Crippen MR) is 100 cm³/mol. The molecule has 0 unspecified atom stereocenters. The zero-order valence-corrected chi connectivity index (χ0v) is 14.8. The second-order valence-electron chi connectivity index (χ2n) is 6.57. The third-order valence-electron chi connectivity index (χ3n) is 4.65. The number of hydrogen-bond acceptors (Lipinski definition) is 4. The number of aromatic nitrogens is 2. The summed E-state index contributed by atoms with van der Waals surface area (Å²) >= 11 is 0. The van der Waals surface area contributed by atoms with Crippen LogP contribution in [0.1, 0.15) is 32.6 Å². The number of carbonyl (C=O) groups is 1. The van der Waals surface area contributed by atoms with Crippen LogP contribution < -0.4 is 10.2 Å². The lowest BCUT2D eigenvalue weighted by Crippen LogP contribution is -2.43. The Bertz CT molecular complexity index is 672. The summed E-state index contributed by atoms with van der Waals surface area (Å²) in [7, 11) is 0. The summed E-state index contributed by atoms with van der Waals surface area (Å²) in [5.41, 5.74) is 2.12. The van der Waals surface area contributed by atoms with E-state index < -0.39 is 0 Å². The van der Waals surface area contributed by atoms with Crippen LogP contribution in [0.2, 0.25) is 0 Å². The summed E-state index contributed by atoms with van der Waals surface area (Å²) in [6, 6.07) is 10.1. The van der Waals surface area contributed by atoms with Crippen molar-refractivity contribution < 1.29 is 4.79 Å². The molecular weight excluding hydrogens is 312 g/mol. The molecule has 0 aliphatic carbocycles. The minimum atomic E-state index is 0.0306. The molecule has 1 aromatic heterocycles. The van der Waals surface area contributed by atoms with Gasteiger partial charge >= 0.3 is 0 Å². The molecule has 2 aromatic rings. The van der Waals surface area contributed by atoms with E-state index >= 15 is 0 Å². The number of carbonyl (C=O) groups excluding carboxylic acids is 1. The molecule has 2 heterocycles. The van der Waals surface area contributed by atoms with Crippen molar-refractivity contribution in [3.8, 4) is 11.1 Å². The van der Waals surface area contributed by atoms with Crippen LogP contribution in [0, 0.1) is 5.92 Å². The monoisotopic (exact) mass is 338 g/mol. The third-order valence-corrected chi connectivity index (χ3v) is 4.65. The van der Waals surface area contributed by atoms with Crippen LogP contribution in [-0.2, 0) is 4.79 Å². The van der Waals surface area contributed by atoms with Crippen LogP contribution in [0.25, 0.3) is 11.1 Å². The van der Waals surface area contributed by atoms with Crippen molar-refractivity contribution in [2.24, 2.45) is 5.92 Å². The van der Waals surface area contributed by atoms with Crippen LogP contribution in [-0.4, -0.2) is 35.5 Å². The zero-order chi connectivity index (χ0) is 17.5. The smallest absolute Gasteiger partial charge is 0.225 e. The standard InChI is InChI=1S/C20H26N4O/c1-2-3-11-21-19(25)17-10-7-12-24(15-17)20-22-13-18(14-23-20)16-8-5-4-6-9-16/h4-6,8-9,13-14,17H,2-3,7,10-12,15H2,1H3,(H,21,25)/t17-/m1/s1. The number of piperidine rings is 1. The van der Waals surface area contributed by atoms with Gasteiger partial charge in [-0.15, -0.1) is 0 Å². The average Bonchev–Trinajstić information content (AvgIpc) is 2.69. The molecule has 1 N–H and O–H groups in total. The Labute approximate surface area is 149 Å². The molecule has 5 nitrogen and oxygen atoms in total. The summed E-state index contributed by atoms with van der Waals surface area (Å²) in [4.78, 5) is 23.5. The van der Waals surface area contributed by atoms with Crippen molar-refractivity contribution in [2.45, 2.75) is 32.6 Å². The summed E-state index contributed by atoms with van der Waals surface area (Å²) < 4.78 is 0. The zero-order valence-electron chi connectivity index (χ0n) is 14.8. The van der Waals surface area contributed by atoms with Crippen molar-refractivity contribution in [2.75, 3.05) is 24.5 Å². The molecule has 1 atom stereocenters. The van der Waals surface area contributed by atoms with Gasteiger partial charge in [0.25, 0.3) is 0 Å². The topological polar surface area (TPSA) is 58.1 Å². The quantitative estimate of drug-likeness (QED) is 0.821. The van der Waals surface area contributed by atoms with Crippen LogP contribution in [0.3, 0.4) is 0 Å². The molecule has 0 spiro atoms. The van der Waals surface area contributed by atoms with Gasteiger partial charge < -0.3 is 10.2 Å². The normalized spacial score (nSPS) is 17.3. The van der Waals surface area contributed by atoms with Crippen LogP contribution in [0.15, 0.2) is 42.7 Å². The first-order chi connectivity index (χ1) is 12.3. The summed E-state index contributed by atoms with van der Waals surface area (Å²) in [6.07, 6.45) is 7.79. The molecule has 1 aliphatic heterocycles. The maximum absolute atomic E-state index is 12.3. The van der Waals surface area contributed by atoms with Gasteiger partial charge in [-0.3, -0.25) is 4.79 Å². The number of benzene rings is 1. The molecule has 3 rings (SSSR count). The van der Waals surface area contributed by atoms with E-state index in [0.29, 0.717) is 12.5 Å². The van der Waals surface area contributed by atoms with Gasteiger partial charge in [-0.25, -0.2) is 9.97 Å². The Hall–Kier alpha value is -2.43. The van der Waals surface area contributed by atoms with E-state index in [1.807, 2.05) is 30.6 Å². The molecule has 0 radical (unpaired) electrons. The molecule has 1 saturated heterocycles. The first-order valence-corrected chi connectivity index (χ1v) is 9.18. The van der Waals surface area contributed by atoms with Gasteiger partial charge in [0, 0.05) is 37.6 Å². The van der Waals surface area contributed by atoms with E-state index in [0.717, 1.165) is 49.9 Å². The predicted octanol–water partition coefficient (Wildman–Crippen LogP) is 3.28. The Balaban J connectivity index is 1.62. The molecule has 1 fully saturated rings. The van der Waals surface area contributed by atoms with E-state index in [-0.39, 0.29) is 11.8 Å². The Morgan fingerprint density at radius 2 is 1.96 bits per heavy atom. The maximum atomic E-state index is 12.3. The molecule has 5 heteroatoms. The van der Waals surface area contributed by atoms with Crippen LogP contribution in [0.5, 0.6) is 0 Å². The van der Waals surface area contributed by atoms with Gasteiger partial charge in [-0.1, -0.05) is 43.7 Å². The summed E-state index contributed by atoms with van der Waals surface area (Å²) in [6.45, 7) is 4.51. The highest BCUT2D eigenvalue weighted by Gasteiger charge is 2.26. The third kappa shape index (κ3) is 4.56. The molecule has 1 aromatic carbocycles. The van der Waals surface area contributed by atoms with Crippen molar-refractivity contribution in [1.82, 2.24) is 15.3 Å². The van der Waals surface area contributed by atoms with E-state index in [1.165, 1.54) is 0 Å². The first kappa shape index (κ1) is 17.4. The molecule has 25 heavy (non-hydrogen) atoms. The fourth-order valence-electron chi connectivity index (χ4n) is 3.17. The molecule has 1 amide bonds. The van der Waals surface area contributed by atoms with E-state index in [1.54, 1.807) is 0 Å². The van der Waals surface area contributed by atoms with E-state index in [4.69, 9.17) is 0 Å². The number of hydrogen-bond donors (Lipinski definition) is 1. The second-order valence-corrected chi connectivity index (χ2v) is 6.57. The molecule has 0 saturated carbocycles. The molecule has 1 aliphatic rings. The maximum Gasteiger partial charge on any atom is 0.225 e. The average molecular weight is 338 g/mol. The van der Waals surface area contributed by atoms with E-state index in [9.17, 15) is 4.79 Å². The number of nitrogens with zero attached hydrogens (tertiary/aromatic N) is 3. The van der Waals surface area contributed by atoms with Crippen LogP contribution in [0.4, 0.5) is 5.95 Å². The lowest BCUT2D eigenvalue weighted by Gasteiger charge is -2.32. The fraction of sp³-hybridized carbons (Fsp3) is 0.450. The second kappa shape index (κ2) is 8.60. The lowest BCUT2D eigenvalue weighted by atomic mass is 9.97. The highest BCUT2D eigenvalue weighted by atomic mass is 16.1.